The molecule has 1 aliphatic rings. The molecule has 3 N–H and O–H groups in total. The Morgan fingerprint density at radius 3 is 2.75 bits per heavy atom. The summed E-state index contributed by atoms with van der Waals surface area (Å²) in [4.78, 5) is 28.7. The van der Waals surface area contributed by atoms with Gasteiger partial charge in [-0.05, 0) is 19.1 Å². The van der Waals surface area contributed by atoms with E-state index in [9.17, 15) is 4.79 Å². The minimum atomic E-state index is -0.224. The van der Waals surface area contributed by atoms with Crippen molar-refractivity contribution in [2.24, 2.45) is 19.1 Å². The summed E-state index contributed by atoms with van der Waals surface area (Å²) in [6.07, 6.45) is 5.40. The maximum Gasteiger partial charge on any atom is 0.277 e. The van der Waals surface area contributed by atoms with Gasteiger partial charge in [-0.1, -0.05) is 18.7 Å². The molecule has 4 aromatic rings. The Hall–Kier alpha value is -4.91. The Morgan fingerprint density at radius 1 is 1.25 bits per heavy atom. The van der Waals surface area contributed by atoms with Crippen molar-refractivity contribution in [1.82, 2.24) is 34.4 Å². The third kappa shape index (κ3) is 5.45. The number of para-hydroxylation sites is 1. The zero-order valence-electron chi connectivity index (χ0n) is 22.9. The number of rotatable bonds is 9. The van der Waals surface area contributed by atoms with Crippen molar-refractivity contribution in [2.45, 2.75) is 6.92 Å². The van der Waals surface area contributed by atoms with E-state index in [1.807, 2.05) is 31.2 Å². The van der Waals surface area contributed by atoms with Crippen LogP contribution in [0.4, 0.5) is 17.2 Å². The van der Waals surface area contributed by atoms with Crippen molar-refractivity contribution in [2.75, 3.05) is 44.0 Å². The van der Waals surface area contributed by atoms with Crippen LogP contribution in [0.25, 0.3) is 22.4 Å². The molecular weight excluding hydrogens is 512 g/mol. The molecule has 1 aromatic carbocycles. The number of methoxy groups -OCH3 is 1. The van der Waals surface area contributed by atoms with Crippen LogP contribution in [0.2, 0.25) is 0 Å². The van der Waals surface area contributed by atoms with Gasteiger partial charge in [0.2, 0.25) is 0 Å². The number of hydrogen-bond acceptors (Lipinski definition) is 10. The van der Waals surface area contributed by atoms with Crippen LogP contribution in [-0.4, -0.2) is 74.1 Å². The van der Waals surface area contributed by atoms with Crippen LogP contribution in [-0.2, 0) is 18.8 Å². The molecule has 4 heterocycles. The summed E-state index contributed by atoms with van der Waals surface area (Å²) < 4.78 is 14.2. The minimum absolute atomic E-state index is 0.224. The van der Waals surface area contributed by atoms with Gasteiger partial charge in [-0.15, -0.1) is 0 Å². The van der Waals surface area contributed by atoms with E-state index in [-0.39, 0.29) is 5.56 Å². The van der Waals surface area contributed by atoms with Crippen LogP contribution in [0.5, 0.6) is 5.75 Å². The van der Waals surface area contributed by atoms with Gasteiger partial charge in [0.25, 0.3) is 5.56 Å². The summed E-state index contributed by atoms with van der Waals surface area (Å²) in [6, 6.07) is 7.34. The number of hydrogen-bond donors (Lipinski definition) is 3. The molecule has 13 nitrogen and oxygen atoms in total. The first-order valence-corrected chi connectivity index (χ1v) is 12.8. The molecule has 5 rings (SSSR count). The molecular formula is C27H32N10O3. The number of aryl methyl sites for hydroxylation is 2. The number of H-pyrrole nitrogens is 1. The van der Waals surface area contributed by atoms with E-state index in [1.165, 1.54) is 4.68 Å². The van der Waals surface area contributed by atoms with Crippen molar-refractivity contribution in [1.29, 1.82) is 0 Å². The second-order valence-electron chi connectivity index (χ2n) is 9.15. The summed E-state index contributed by atoms with van der Waals surface area (Å²) >= 11 is 0. The Kier molecular flexibility index (Phi) is 7.64. The maximum absolute atomic E-state index is 13.0. The fraction of sp³-hybridized carbons (Fsp3) is 0.296. The van der Waals surface area contributed by atoms with Gasteiger partial charge in [-0.25, -0.2) is 15.0 Å². The summed E-state index contributed by atoms with van der Waals surface area (Å²) in [7, 11) is 5.02. The van der Waals surface area contributed by atoms with Gasteiger partial charge in [0.1, 0.15) is 23.4 Å². The SMILES string of the molecule is C=C(/N=C\C(=C/C)N1CCOCC1)Nc1cc(Nc2cccc(-c3ncn(C)n3)c2OC)c2c(=O)n(C)[nH]c2n1. The van der Waals surface area contributed by atoms with Crippen molar-refractivity contribution in [3.8, 4) is 17.1 Å². The van der Waals surface area contributed by atoms with E-state index in [4.69, 9.17) is 9.47 Å². The molecule has 0 unspecified atom stereocenters. The highest BCUT2D eigenvalue weighted by Gasteiger charge is 2.18. The first kappa shape index (κ1) is 26.7. The molecule has 40 heavy (non-hydrogen) atoms. The number of anilines is 3. The molecule has 208 valence electrons. The number of allylic oxidation sites excluding steroid dienone is 2. The first-order valence-electron chi connectivity index (χ1n) is 12.8. The number of ether oxygens (including phenoxy) is 2. The fourth-order valence-corrected chi connectivity index (χ4v) is 4.51. The molecule has 0 atom stereocenters. The van der Waals surface area contributed by atoms with Crippen LogP contribution in [0.3, 0.4) is 0 Å². The number of fused-ring (bicyclic) bond motifs is 1. The summed E-state index contributed by atoms with van der Waals surface area (Å²) in [5.41, 5.74) is 3.03. The number of pyridine rings is 1. The van der Waals surface area contributed by atoms with Crippen molar-refractivity contribution in [3.05, 3.63) is 65.1 Å². The van der Waals surface area contributed by atoms with Gasteiger partial charge >= 0.3 is 0 Å². The monoisotopic (exact) mass is 544 g/mol. The average molecular weight is 545 g/mol. The molecule has 0 amide bonds. The van der Waals surface area contributed by atoms with Gasteiger partial charge in [0.15, 0.2) is 17.2 Å². The normalized spacial score (nSPS) is 14.2. The number of aliphatic imine (C=N–C) groups is 1. The zero-order valence-corrected chi connectivity index (χ0v) is 22.9. The van der Waals surface area contributed by atoms with Crippen LogP contribution in [0.1, 0.15) is 6.92 Å². The zero-order chi connectivity index (χ0) is 28.2. The van der Waals surface area contributed by atoms with E-state index < -0.39 is 0 Å². The predicted molar refractivity (Wildman–Crippen MR) is 155 cm³/mol. The summed E-state index contributed by atoms with van der Waals surface area (Å²) in [6.45, 7) is 9.00. The van der Waals surface area contributed by atoms with Crippen LogP contribution in [0, 0.1) is 0 Å². The topological polar surface area (TPSA) is 140 Å². The van der Waals surface area contributed by atoms with E-state index >= 15 is 0 Å². The standard InChI is InChI=1S/C27H32N10O3/c1-6-18(37-10-12-40-13-11-37)15-28-17(2)30-22-14-21(23-26(32-22)34-36(4)27(23)38)31-20-9-7-8-19(24(20)39-5)25-29-16-35(3)33-25/h6-9,14-16H,2,10-13H2,1,3-5H3,(H3,30,31,32,34)/b18-6+,28-15-. The Bertz CT molecular complexity index is 1660. The third-order valence-corrected chi connectivity index (χ3v) is 6.44. The van der Waals surface area contributed by atoms with Crippen LogP contribution >= 0.6 is 0 Å². The van der Waals surface area contributed by atoms with Gasteiger partial charge in [-0.3, -0.25) is 19.3 Å². The number of aromatic amines is 1. The highest BCUT2D eigenvalue weighted by atomic mass is 16.5. The second-order valence-corrected chi connectivity index (χ2v) is 9.15. The number of morpholine rings is 1. The predicted octanol–water partition coefficient (Wildman–Crippen LogP) is 3.00. The molecule has 0 aliphatic carbocycles. The molecule has 0 bridgehead atoms. The Labute approximate surface area is 230 Å². The summed E-state index contributed by atoms with van der Waals surface area (Å²) in [5.74, 6) is 1.91. The molecule has 3 aromatic heterocycles. The van der Waals surface area contributed by atoms with E-state index in [0.29, 0.717) is 64.4 Å². The van der Waals surface area contributed by atoms with E-state index in [0.717, 1.165) is 18.8 Å². The highest BCUT2D eigenvalue weighted by Crippen LogP contribution is 2.37. The lowest BCUT2D eigenvalue weighted by Crippen LogP contribution is -2.36. The third-order valence-electron chi connectivity index (χ3n) is 6.44. The maximum atomic E-state index is 13.0. The highest BCUT2D eigenvalue weighted by molar-refractivity contribution is 5.94. The molecule has 0 spiro atoms. The van der Waals surface area contributed by atoms with E-state index in [2.05, 4.69) is 47.3 Å². The second kappa shape index (κ2) is 11.5. The molecule has 13 heteroatoms. The minimum Gasteiger partial charge on any atom is -0.494 e. The van der Waals surface area contributed by atoms with Gasteiger partial charge in [0, 0.05) is 33.3 Å². The van der Waals surface area contributed by atoms with Crippen molar-refractivity contribution >= 4 is 34.4 Å². The molecule has 1 saturated heterocycles. The number of aromatic nitrogens is 6. The van der Waals surface area contributed by atoms with E-state index in [1.54, 1.807) is 44.5 Å². The lowest BCUT2D eigenvalue weighted by Gasteiger charge is -2.29. The summed E-state index contributed by atoms with van der Waals surface area (Å²) in [5, 5.41) is 14.3. The quantitative estimate of drug-likeness (QED) is 0.271. The lowest BCUT2D eigenvalue weighted by atomic mass is 10.1. The number of nitrogens with one attached hydrogen (secondary N) is 3. The van der Waals surface area contributed by atoms with Crippen LogP contribution < -0.4 is 20.9 Å². The number of benzene rings is 1. The largest absolute Gasteiger partial charge is 0.494 e. The Morgan fingerprint density at radius 2 is 2.05 bits per heavy atom. The lowest BCUT2D eigenvalue weighted by molar-refractivity contribution is 0.0566. The fourth-order valence-electron chi connectivity index (χ4n) is 4.51. The first-order chi connectivity index (χ1) is 19.4. The van der Waals surface area contributed by atoms with Crippen LogP contribution in [0.15, 0.2) is 64.6 Å². The molecule has 0 saturated carbocycles. The molecule has 1 aliphatic heterocycles. The van der Waals surface area contributed by atoms with Gasteiger partial charge in [-0.2, -0.15) is 5.10 Å². The van der Waals surface area contributed by atoms with Gasteiger partial charge in [0.05, 0.1) is 49.2 Å². The number of nitrogens with zero attached hydrogens (tertiary/aromatic N) is 7. The van der Waals surface area contributed by atoms with Gasteiger partial charge < -0.3 is 25.0 Å². The molecule has 1 fully saturated rings. The van der Waals surface area contributed by atoms with Crippen molar-refractivity contribution in [3.63, 3.8) is 0 Å². The Balaban J connectivity index is 1.46. The average Bonchev–Trinajstić information content (AvgIpc) is 3.51. The van der Waals surface area contributed by atoms with Crippen molar-refractivity contribution < 1.29 is 9.47 Å². The molecule has 0 radical (unpaired) electrons. The smallest absolute Gasteiger partial charge is 0.277 e.